The molecule has 0 fully saturated rings. The number of hydrogen-bond donors (Lipinski definition) is 0. The van der Waals surface area contributed by atoms with Gasteiger partial charge in [-0.15, -0.1) is 0 Å². The minimum Gasteiger partial charge on any atom is -0.469 e. The Labute approximate surface area is 94.4 Å². The van der Waals surface area contributed by atoms with Crippen molar-refractivity contribution in [2.45, 2.75) is 6.42 Å². The van der Waals surface area contributed by atoms with Crippen LogP contribution in [0.5, 0.6) is 0 Å². The Hall–Kier alpha value is -1.36. The van der Waals surface area contributed by atoms with Gasteiger partial charge in [0.15, 0.2) is 5.58 Å². The lowest BCUT2D eigenvalue weighted by Crippen LogP contribution is -2.04. The molecule has 0 aliphatic rings. The Kier molecular flexibility index (Phi) is 2.73. The van der Waals surface area contributed by atoms with E-state index in [1.54, 1.807) is 0 Å². The third-order valence-corrected chi connectivity index (χ3v) is 2.41. The summed E-state index contributed by atoms with van der Waals surface area (Å²) < 4.78 is 10.8. The number of carbonyl (C=O) groups is 1. The van der Waals surface area contributed by atoms with Crippen LogP contribution in [-0.4, -0.2) is 18.1 Å². The number of benzene rings is 1. The minimum atomic E-state index is -0.361. The maximum Gasteiger partial charge on any atom is 0.314 e. The molecule has 1 aromatic carbocycles. The third kappa shape index (κ3) is 2.18. The number of oxazole rings is 1. The summed E-state index contributed by atoms with van der Waals surface area (Å²) in [7, 11) is 1.33. The highest BCUT2D eigenvalue weighted by atomic mass is 79.9. The fourth-order valence-electron chi connectivity index (χ4n) is 1.22. The molecule has 0 atom stereocenters. The number of ether oxygens (including phenoxy) is 1. The van der Waals surface area contributed by atoms with Gasteiger partial charge in [0, 0.05) is 4.47 Å². The van der Waals surface area contributed by atoms with Crippen molar-refractivity contribution in [3.05, 3.63) is 28.6 Å². The molecule has 0 aliphatic heterocycles. The SMILES string of the molecule is COC(=O)Cc1nc2ccc(Br)cc2o1. The van der Waals surface area contributed by atoms with Crippen molar-refractivity contribution in [2.24, 2.45) is 0 Å². The second-order valence-electron chi connectivity index (χ2n) is 2.97. The number of methoxy groups -OCH3 is 1. The van der Waals surface area contributed by atoms with Crippen molar-refractivity contribution in [2.75, 3.05) is 7.11 Å². The van der Waals surface area contributed by atoms with Crippen molar-refractivity contribution >= 4 is 33.0 Å². The van der Waals surface area contributed by atoms with E-state index >= 15 is 0 Å². The van der Waals surface area contributed by atoms with Crippen LogP contribution < -0.4 is 0 Å². The smallest absolute Gasteiger partial charge is 0.314 e. The summed E-state index contributed by atoms with van der Waals surface area (Å²) in [5.41, 5.74) is 1.39. The van der Waals surface area contributed by atoms with Crippen molar-refractivity contribution < 1.29 is 13.9 Å². The van der Waals surface area contributed by atoms with E-state index in [1.807, 2.05) is 18.2 Å². The van der Waals surface area contributed by atoms with Gasteiger partial charge in [-0.3, -0.25) is 4.79 Å². The predicted octanol–water partition coefficient (Wildman–Crippen LogP) is 2.31. The normalized spacial score (nSPS) is 10.5. The van der Waals surface area contributed by atoms with Gasteiger partial charge >= 0.3 is 5.97 Å². The number of hydrogen-bond acceptors (Lipinski definition) is 4. The first-order valence-corrected chi connectivity index (χ1v) is 5.10. The molecule has 0 unspecified atom stereocenters. The molecule has 0 spiro atoms. The van der Waals surface area contributed by atoms with Crippen LogP contribution in [0, 0.1) is 0 Å². The molecule has 0 saturated carbocycles. The number of carbonyl (C=O) groups excluding carboxylic acids is 1. The van der Waals surface area contributed by atoms with Crippen molar-refractivity contribution in [1.29, 1.82) is 0 Å². The van der Waals surface area contributed by atoms with Gasteiger partial charge in [-0.25, -0.2) is 4.98 Å². The first-order chi connectivity index (χ1) is 7.19. The highest BCUT2D eigenvalue weighted by Gasteiger charge is 2.10. The number of aromatic nitrogens is 1. The van der Waals surface area contributed by atoms with Crippen LogP contribution in [0.2, 0.25) is 0 Å². The summed E-state index contributed by atoms with van der Waals surface area (Å²) in [6.07, 6.45) is 0.0583. The van der Waals surface area contributed by atoms with Gasteiger partial charge in [-0.2, -0.15) is 0 Å². The third-order valence-electron chi connectivity index (χ3n) is 1.92. The Morgan fingerprint density at radius 3 is 3.13 bits per heavy atom. The van der Waals surface area contributed by atoms with Gasteiger partial charge in [0.2, 0.25) is 5.89 Å². The zero-order valence-corrected chi connectivity index (χ0v) is 9.58. The Balaban J connectivity index is 2.34. The molecular weight excluding hydrogens is 262 g/mol. The molecule has 1 aromatic heterocycles. The molecule has 78 valence electrons. The summed E-state index contributed by atoms with van der Waals surface area (Å²) in [6, 6.07) is 5.50. The highest BCUT2D eigenvalue weighted by Crippen LogP contribution is 2.20. The molecular formula is C10H8BrNO3. The second kappa shape index (κ2) is 4.02. The number of rotatable bonds is 2. The summed E-state index contributed by atoms with van der Waals surface area (Å²) >= 11 is 3.33. The number of esters is 1. The molecule has 2 aromatic rings. The van der Waals surface area contributed by atoms with Crippen LogP contribution in [0.1, 0.15) is 5.89 Å². The summed E-state index contributed by atoms with van der Waals surface area (Å²) in [5, 5.41) is 0. The predicted molar refractivity (Wildman–Crippen MR) is 57.4 cm³/mol. The molecule has 2 rings (SSSR count). The lowest BCUT2D eigenvalue weighted by molar-refractivity contribution is -0.140. The molecule has 0 N–H and O–H groups in total. The van der Waals surface area contributed by atoms with Crippen LogP contribution in [-0.2, 0) is 16.0 Å². The fourth-order valence-corrected chi connectivity index (χ4v) is 1.56. The van der Waals surface area contributed by atoms with Gasteiger partial charge in [0.05, 0.1) is 7.11 Å². The molecule has 4 nitrogen and oxygen atoms in total. The molecule has 0 saturated heterocycles. The van der Waals surface area contributed by atoms with Gasteiger partial charge < -0.3 is 9.15 Å². The molecule has 0 bridgehead atoms. The van der Waals surface area contributed by atoms with Gasteiger partial charge in [0.1, 0.15) is 11.9 Å². The second-order valence-corrected chi connectivity index (χ2v) is 3.89. The quantitative estimate of drug-likeness (QED) is 0.786. The molecule has 0 aliphatic carbocycles. The van der Waals surface area contributed by atoms with E-state index in [4.69, 9.17) is 4.42 Å². The van der Waals surface area contributed by atoms with E-state index in [-0.39, 0.29) is 12.4 Å². The zero-order valence-electron chi connectivity index (χ0n) is 7.99. The lowest BCUT2D eigenvalue weighted by Gasteiger charge is -1.92. The maximum absolute atomic E-state index is 11.0. The first-order valence-electron chi connectivity index (χ1n) is 4.31. The summed E-state index contributed by atoms with van der Waals surface area (Å²) in [4.78, 5) is 15.1. The summed E-state index contributed by atoms with van der Waals surface area (Å²) in [6.45, 7) is 0. The maximum atomic E-state index is 11.0. The van der Waals surface area contributed by atoms with Crippen LogP contribution in [0.15, 0.2) is 27.1 Å². The van der Waals surface area contributed by atoms with E-state index in [2.05, 4.69) is 25.7 Å². The highest BCUT2D eigenvalue weighted by molar-refractivity contribution is 9.10. The lowest BCUT2D eigenvalue weighted by atomic mass is 10.3. The fraction of sp³-hybridized carbons (Fsp3) is 0.200. The standard InChI is InChI=1S/C10H8BrNO3/c1-14-10(13)5-9-12-7-3-2-6(11)4-8(7)15-9/h2-4H,5H2,1H3. The van der Waals surface area contributed by atoms with Gasteiger partial charge in [0.25, 0.3) is 0 Å². The Morgan fingerprint density at radius 1 is 1.60 bits per heavy atom. The van der Waals surface area contributed by atoms with E-state index < -0.39 is 0 Å². The minimum absolute atomic E-state index is 0.0583. The number of nitrogens with zero attached hydrogens (tertiary/aromatic N) is 1. The van der Waals surface area contributed by atoms with Crippen LogP contribution in [0.3, 0.4) is 0 Å². The summed E-state index contributed by atoms with van der Waals surface area (Å²) in [5.74, 6) is 0.00979. The zero-order chi connectivity index (χ0) is 10.8. The molecule has 0 radical (unpaired) electrons. The topological polar surface area (TPSA) is 52.3 Å². The number of fused-ring (bicyclic) bond motifs is 1. The molecule has 1 heterocycles. The molecule has 0 amide bonds. The van der Waals surface area contributed by atoms with Crippen LogP contribution in [0.25, 0.3) is 11.1 Å². The number of halogens is 1. The Morgan fingerprint density at radius 2 is 2.40 bits per heavy atom. The van der Waals surface area contributed by atoms with Gasteiger partial charge in [-0.1, -0.05) is 15.9 Å². The van der Waals surface area contributed by atoms with Crippen molar-refractivity contribution in [1.82, 2.24) is 4.98 Å². The average Bonchev–Trinajstić information content (AvgIpc) is 2.59. The van der Waals surface area contributed by atoms with E-state index in [9.17, 15) is 4.79 Å². The van der Waals surface area contributed by atoms with E-state index in [1.165, 1.54) is 7.11 Å². The van der Waals surface area contributed by atoms with Crippen molar-refractivity contribution in [3.8, 4) is 0 Å². The van der Waals surface area contributed by atoms with Gasteiger partial charge in [-0.05, 0) is 18.2 Å². The molecule has 15 heavy (non-hydrogen) atoms. The molecule has 5 heteroatoms. The van der Waals surface area contributed by atoms with E-state index in [0.29, 0.717) is 11.5 Å². The van der Waals surface area contributed by atoms with Crippen molar-refractivity contribution in [3.63, 3.8) is 0 Å². The largest absolute Gasteiger partial charge is 0.469 e. The average molecular weight is 270 g/mol. The van der Waals surface area contributed by atoms with Crippen LogP contribution >= 0.6 is 15.9 Å². The Bertz CT molecular complexity index is 506. The van der Waals surface area contributed by atoms with Crippen LogP contribution in [0.4, 0.5) is 0 Å². The van der Waals surface area contributed by atoms with E-state index in [0.717, 1.165) is 9.99 Å². The monoisotopic (exact) mass is 269 g/mol. The first kappa shape index (κ1) is 10.2.